The van der Waals surface area contributed by atoms with Crippen molar-refractivity contribution in [1.29, 1.82) is 0 Å². The van der Waals surface area contributed by atoms with Crippen molar-refractivity contribution in [1.82, 2.24) is 15.0 Å². The Kier molecular flexibility index (Phi) is 6.39. The summed E-state index contributed by atoms with van der Waals surface area (Å²) in [5.41, 5.74) is 2.05. The second kappa shape index (κ2) is 8.74. The summed E-state index contributed by atoms with van der Waals surface area (Å²) in [6.07, 6.45) is 0. The number of carbonyl (C=O) groups excluding carboxylic acids is 1. The SMILES string of the molecule is Cc1cc(CN2CCN(C(=O)CSCc3cccc(Cl)c3)CC2)on1. The number of piperazine rings is 1. The maximum absolute atomic E-state index is 12.4. The topological polar surface area (TPSA) is 49.6 Å². The maximum Gasteiger partial charge on any atom is 0.232 e. The molecule has 1 aliphatic rings. The van der Waals surface area contributed by atoms with E-state index in [1.54, 1.807) is 11.8 Å². The molecule has 0 radical (unpaired) electrons. The van der Waals surface area contributed by atoms with Crippen LogP contribution in [0.15, 0.2) is 34.9 Å². The van der Waals surface area contributed by atoms with Gasteiger partial charge in [-0.15, -0.1) is 11.8 Å². The minimum Gasteiger partial charge on any atom is -0.360 e. The van der Waals surface area contributed by atoms with E-state index in [4.69, 9.17) is 16.1 Å². The van der Waals surface area contributed by atoms with Crippen molar-refractivity contribution in [2.45, 2.75) is 19.2 Å². The predicted octanol–water partition coefficient (Wildman–Crippen LogP) is 3.21. The lowest BCUT2D eigenvalue weighted by Crippen LogP contribution is -2.48. The van der Waals surface area contributed by atoms with Gasteiger partial charge < -0.3 is 9.42 Å². The van der Waals surface area contributed by atoms with E-state index in [-0.39, 0.29) is 5.91 Å². The Morgan fingerprint density at radius 1 is 1.28 bits per heavy atom. The molecule has 1 saturated heterocycles. The van der Waals surface area contributed by atoms with Gasteiger partial charge in [0.25, 0.3) is 0 Å². The molecule has 0 saturated carbocycles. The van der Waals surface area contributed by atoms with Crippen LogP contribution in [0.3, 0.4) is 0 Å². The molecular weight excluding hydrogens is 358 g/mol. The third kappa shape index (κ3) is 5.49. The molecule has 1 aromatic carbocycles. The summed E-state index contributed by atoms with van der Waals surface area (Å²) in [6, 6.07) is 9.75. The molecule has 1 aromatic heterocycles. The number of halogens is 1. The Labute approximate surface area is 157 Å². The van der Waals surface area contributed by atoms with Crippen LogP contribution in [0.25, 0.3) is 0 Å². The fourth-order valence-electron chi connectivity index (χ4n) is 2.84. The zero-order valence-corrected chi connectivity index (χ0v) is 15.9. The van der Waals surface area contributed by atoms with Crippen molar-refractivity contribution in [2.75, 3.05) is 31.9 Å². The monoisotopic (exact) mass is 379 g/mol. The zero-order chi connectivity index (χ0) is 17.6. The Morgan fingerprint density at radius 3 is 2.76 bits per heavy atom. The first-order valence-electron chi connectivity index (χ1n) is 8.34. The third-order valence-corrected chi connectivity index (χ3v) is 5.39. The van der Waals surface area contributed by atoms with Crippen LogP contribution in [0.5, 0.6) is 0 Å². The Morgan fingerprint density at radius 2 is 2.08 bits per heavy atom. The molecule has 25 heavy (non-hydrogen) atoms. The van der Waals surface area contributed by atoms with Crippen molar-refractivity contribution >= 4 is 29.3 Å². The van der Waals surface area contributed by atoms with E-state index < -0.39 is 0 Å². The van der Waals surface area contributed by atoms with Gasteiger partial charge in [0.15, 0.2) is 5.76 Å². The average Bonchev–Trinajstić information content (AvgIpc) is 3.00. The number of hydrogen-bond acceptors (Lipinski definition) is 5. The zero-order valence-electron chi connectivity index (χ0n) is 14.3. The molecule has 2 aromatic rings. The maximum atomic E-state index is 12.4. The van der Waals surface area contributed by atoms with E-state index in [0.717, 1.165) is 60.5 Å². The van der Waals surface area contributed by atoms with E-state index in [1.807, 2.05) is 42.2 Å². The first-order valence-corrected chi connectivity index (χ1v) is 9.88. The highest BCUT2D eigenvalue weighted by molar-refractivity contribution is 7.99. The molecule has 134 valence electrons. The molecule has 2 heterocycles. The van der Waals surface area contributed by atoms with E-state index >= 15 is 0 Å². The molecule has 1 amide bonds. The smallest absolute Gasteiger partial charge is 0.232 e. The molecule has 0 bridgehead atoms. The van der Waals surface area contributed by atoms with Gasteiger partial charge >= 0.3 is 0 Å². The summed E-state index contributed by atoms with van der Waals surface area (Å²) >= 11 is 7.62. The van der Waals surface area contributed by atoms with Gasteiger partial charge in [-0.25, -0.2) is 0 Å². The van der Waals surface area contributed by atoms with Gasteiger partial charge in [-0.05, 0) is 24.6 Å². The second-order valence-electron chi connectivity index (χ2n) is 6.21. The first-order chi connectivity index (χ1) is 12.1. The van der Waals surface area contributed by atoms with Crippen LogP contribution in [0.4, 0.5) is 0 Å². The first kappa shape index (κ1) is 18.3. The van der Waals surface area contributed by atoms with Crippen LogP contribution in [0, 0.1) is 6.92 Å². The molecule has 0 N–H and O–H groups in total. The minimum atomic E-state index is 0.210. The van der Waals surface area contributed by atoms with Gasteiger partial charge in [0.05, 0.1) is 18.0 Å². The van der Waals surface area contributed by atoms with E-state index in [0.29, 0.717) is 5.75 Å². The van der Waals surface area contributed by atoms with Gasteiger partial charge in [0.2, 0.25) is 5.91 Å². The van der Waals surface area contributed by atoms with Crippen molar-refractivity contribution in [3.8, 4) is 0 Å². The highest BCUT2D eigenvalue weighted by Crippen LogP contribution is 2.17. The van der Waals surface area contributed by atoms with Crippen molar-refractivity contribution < 1.29 is 9.32 Å². The van der Waals surface area contributed by atoms with Crippen LogP contribution in [0.1, 0.15) is 17.0 Å². The van der Waals surface area contributed by atoms with E-state index in [9.17, 15) is 4.79 Å². The highest BCUT2D eigenvalue weighted by atomic mass is 35.5. The van der Waals surface area contributed by atoms with Crippen LogP contribution in [-0.4, -0.2) is 52.8 Å². The Bertz CT molecular complexity index is 714. The summed E-state index contributed by atoms with van der Waals surface area (Å²) in [6.45, 7) is 5.94. The van der Waals surface area contributed by atoms with Gasteiger partial charge in [0.1, 0.15) is 0 Å². The number of aryl methyl sites for hydroxylation is 1. The number of amides is 1. The fraction of sp³-hybridized carbons (Fsp3) is 0.444. The molecule has 1 fully saturated rings. The number of hydrogen-bond donors (Lipinski definition) is 0. The predicted molar refractivity (Wildman–Crippen MR) is 101 cm³/mol. The average molecular weight is 380 g/mol. The van der Waals surface area contributed by atoms with Gasteiger partial charge in [-0.1, -0.05) is 28.9 Å². The lowest BCUT2D eigenvalue weighted by atomic mass is 10.2. The number of rotatable bonds is 6. The van der Waals surface area contributed by atoms with Crippen molar-refractivity contribution in [3.63, 3.8) is 0 Å². The van der Waals surface area contributed by atoms with Gasteiger partial charge in [-0.3, -0.25) is 9.69 Å². The van der Waals surface area contributed by atoms with Gasteiger partial charge in [0, 0.05) is 43.0 Å². The quantitative estimate of drug-likeness (QED) is 0.771. The molecule has 5 nitrogen and oxygen atoms in total. The van der Waals surface area contributed by atoms with Crippen LogP contribution < -0.4 is 0 Å². The molecular formula is C18H22ClN3O2S. The number of benzene rings is 1. The summed E-state index contributed by atoms with van der Waals surface area (Å²) in [5.74, 6) is 2.40. The Balaban J connectivity index is 1.38. The molecule has 3 rings (SSSR count). The lowest BCUT2D eigenvalue weighted by molar-refractivity contribution is -0.130. The summed E-state index contributed by atoms with van der Waals surface area (Å²) in [4.78, 5) is 16.6. The fourth-order valence-corrected chi connectivity index (χ4v) is 3.93. The standard InChI is InChI=1S/C18H22ClN3O2S/c1-14-9-17(24-20-14)11-21-5-7-22(8-6-21)18(23)13-25-12-15-3-2-4-16(19)10-15/h2-4,9-10H,5-8,11-13H2,1H3. The summed E-state index contributed by atoms with van der Waals surface area (Å²) in [7, 11) is 0. The van der Waals surface area contributed by atoms with Crippen LogP contribution in [0.2, 0.25) is 5.02 Å². The Hall–Kier alpha value is -1.50. The normalized spacial score (nSPS) is 15.5. The second-order valence-corrected chi connectivity index (χ2v) is 7.64. The molecule has 1 aliphatic heterocycles. The number of carbonyl (C=O) groups is 1. The number of thioether (sulfide) groups is 1. The van der Waals surface area contributed by atoms with Gasteiger partial charge in [-0.2, -0.15) is 0 Å². The summed E-state index contributed by atoms with van der Waals surface area (Å²) in [5, 5.41) is 4.65. The third-order valence-electron chi connectivity index (χ3n) is 4.16. The largest absolute Gasteiger partial charge is 0.360 e. The summed E-state index contributed by atoms with van der Waals surface area (Å²) < 4.78 is 5.26. The van der Waals surface area contributed by atoms with Crippen LogP contribution in [-0.2, 0) is 17.1 Å². The number of nitrogens with zero attached hydrogens (tertiary/aromatic N) is 3. The van der Waals surface area contributed by atoms with E-state index in [1.165, 1.54) is 0 Å². The molecule has 7 heteroatoms. The molecule has 0 atom stereocenters. The molecule has 0 unspecified atom stereocenters. The lowest BCUT2D eigenvalue weighted by Gasteiger charge is -2.34. The number of aromatic nitrogens is 1. The minimum absolute atomic E-state index is 0.210. The van der Waals surface area contributed by atoms with E-state index in [2.05, 4.69) is 10.1 Å². The molecule has 0 aliphatic carbocycles. The highest BCUT2D eigenvalue weighted by Gasteiger charge is 2.21. The van der Waals surface area contributed by atoms with Crippen LogP contribution >= 0.6 is 23.4 Å². The molecule has 0 spiro atoms. The van der Waals surface area contributed by atoms with Crippen molar-refractivity contribution in [2.24, 2.45) is 0 Å². The van der Waals surface area contributed by atoms with Crippen molar-refractivity contribution in [3.05, 3.63) is 52.4 Å².